The lowest BCUT2D eigenvalue weighted by atomic mass is 10.1. The molecule has 0 rings (SSSR count). The van der Waals surface area contributed by atoms with Crippen LogP contribution in [0.4, 0.5) is 0 Å². The van der Waals surface area contributed by atoms with E-state index in [0.717, 1.165) is 0 Å². The van der Waals surface area contributed by atoms with Gasteiger partial charge in [0.15, 0.2) is 5.16 Å². The normalized spacial score (nSPS) is 13.0. The van der Waals surface area contributed by atoms with Gasteiger partial charge in [0.2, 0.25) is 0 Å². The molecular weight excluding hydrogens is 151 g/mol. The lowest BCUT2D eigenvalue weighted by Gasteiger charge is -2.11. The molecule has 0 N–H and O–H groups in total. The molecule has 0 amide bonds. The maximum absolute atomic E-state index is 10.5. The van der Waals surface area contributed by atoms with E-state index < -0.39 is 13.2 Å². The number of hydrogen-bond donors (Lipinski definition) is 0. The zero-order chi connectivity index (χ0) is 8.36. The van der Waals surface area contributed by atoms with Crippen molar-refractivity contribution in [3.63, 3.8) is 0 Å². The second-order valence-corrected chi connectivity index (χ2v) is 4.67. The first-order chi connectivity index (χ1) is 4.36. The molecule has 0 spiro atoms. The molecule has 1 atom stereocenters. The largest absolute Gasteiger partial charge is 0.595 e. The van der Waals surface area contributed by atoms with Gasteiger partial charge in [-0.05, 0) is 20.8 Å². The third-order valence-corrected chi connectivity index (χ3v) is 2.32. The smallest absolute Gasteiger partial charge is 0.315 e. The van der Waals surface area contributed by atoms with Crippen LogP contribution in [0.1, 0.15) is 27.2 Å². The van der Waals surface area contributed by atoms with Gasteiger partial charge in [-0.3, -0.25) is 4.79 Å². The van der Waals surface area contributed by atoms with Gasteiger partial charge >= 0.3 is 8.03 Å². The van der Waals surface area contributed by atoms with Crippen LogP contribution in [0.2, 0.25) is 0 Å². The predicted octanol–water partition coefficient (Wildman–Crippen LogP) is 0.847. The summed E-state index contributed by atoms with van der Waals surface area (Å²) in [5.74, 6) is -0.0933. The van der Waals surface area contributed by atoms with E-state index in [2.05, 4.69) is 0 Å². The van der Waals surface area contributed by atoms with Gasteiger partial charge < -0.3 is 4.89 Å². The predicted molar refractivity (Wildman–Crippen MR) is 37.0 cm³/mol. The van der Waals surface area contributed by atoms with E-state index in [9.17, 15) is 14.3 Å². The Bertz CT molecular complexity index is 162. The molecule has 58 valence electrons. The lowest BCUT2D eigenvalue weighted by molar-refractivity contribution is -0.169. The summed E-state index contributed by atoms with van der Waals surface area (Å²) < 4.78 is 10.4. The summed E-state index contributed by atoms with van der Waals surface area (Å²) in [7, 11) is -2.50. The van der Waals surface area contributed by atoms with Crippen LogP contribution >= 0.6 is 8.03 Å². The molecule has 0 aliphatic heterocycles. The van der Waals surface area contributed by atoms with Crippen molar-refractivity contribution in [2.24, 2.45) is 0 Å². The van der Waals surface area contributed by atoms with Crippen LogP contribution in [-0.2, 0) is 9.36 Å². The number of Topliss-reactive ketones (excluding diaryl/α,β-unsaturated/α-hetero) is 1. The van der Waals surface area contributed by atoms with E-state index >= 15 is 0 Å². The van der Waals surface area contributed by atoms with Crippen LogP contribution in [0.3, 0.4) is 0 Å². The summed E-state index contributed by atoms with van der Waals surface area (Å²) in [6.45, 7) is 4.47. The van der Waals surface area contributed by atoms with E-state index in [4.69, 9.17) is 0 Å². The Morgan fingerprint density at radius 1 is 1.60 bits per heavy atom. The molecule has 0 aromatic rings. The molecule has 4 heteroatoms. The Morgan fingerprint density at radius 2 is 2.00 bits per heavy atom. The molecule has 0 fully saturated rings. The molecule has 0 aromatic carbocycles. The Labute approximate surface area is 61.3 Å². The summed E-state index contributed by atoms with van der Waals surface area (Å²) in [6.07, 6.45) is 0.103. The molecule has 0 aromatic heterocycles. The third kappa shape index (κ3) is 3.04. The van der Waals surface area contributed by atoms with Crippen molar-refractivity contribution in [3.8, 4) is 0 Å². The molecular formula is C6H11O3P. The fraction of sp³-hybridized carbons (Fsp3) is 0.833. The average molecular weight is 162 g/mol. The summed E-state index contributed by atoms with van der Waals surface area (Å²) in [6, 6.07) is 0. The van der Waals surface area contributed by atoms with Crippen molar-refractivity contribution in [1.82, 2.24) is 0 Å². The van der Waals surface area contributed by atoms with Crippen molar-refractivity contribution in [1.29, 1.82) is 0 Å². The Hall–Kier alpha value is -0.270. The zero-order valence-electron chi connectivity index (χ0n) is 6.38. The molecule has 0 radical (unpaired) electrons. The summed E-state index contributed by atoms with van der Waals surface area (Å²) in [5.41, 5.74) is 0. The Kier molecular flexibility index (Phi) is 3.13. The van der Waals surface area contributed by atoms with Gasteiger partial charge in [0.1, 0.15) is 5.78 Å². The van der Waals surface area contributed by atoms with Gasteiger partial charge in [0, 0.05) is 0 Å². The standard InChI is InChI=1S/C6H11O3P/c1-5(7)4-6(2,3)10(8)9/h4H2,1-3H3. The van der Waals surface area contributed by atoms with E-state index in [0.29, 0.717) is 0 Å². The minimum atomic E-state index is -2.50. The van der Waals surface area contributed by atoms with E-state index in [-0.39, 0.29) is 12.2 Å². The highest BCUT2D eigenvalue weighted by Gasteiger charge is 2.33. The first-order valence-electron chi connectivity index (χ1n) is 3.00. The summed E-state index contributed by atoms with van der Waals surface area (Å²) >= 11 is 0. The molecule has 1 unspecified atom stereocenters. The molecule has 0 saturated heterocycles. The van der Waals surface area contributed by atoms with Gasteiger partial charge in [0.25, 0.3) is 0 Å². The minimum absolute atomic E-state index is 0.0933. The number of rotatable bonds is 3. The molecule has 3 nitrogen and oxygen atoms in total. The first-order valence-corrected chi connectivity index (χ1v) is 4.18. The van der Waals surface area contributed by atoms with E-state index in [1.165, 1.54) is 6.92 Å². The van der Waals surface area contributed by atoms with Gasteiger partial charge in [-0.1, -0.05) is 4.57 Å². The van der Waals surface area contributed by atoms with Crippen LogP contribution in [0.15, 0.2) is 0 Å². The zero-order valence-corrected chi connectivity index (χ0v) is 7.27. The minimum Gasteiger partial charge on any atom is -0.595 e. The third-order valence-electron chi connectivity index (χ3n) is 1.18. The highest BCUT2D eigenvalue weighted by Crippen LogP contribution is 2.33. The van der Waals surface area contributed by atoms with E-state index in [1.807, 2.05) is 0 Å². The van der Waals surface area contributed by atoms with Crippen molar-refractivity contribution in [3.05, 3.63) is 0 Å². The van der Waals surface area contributed by atoms with Crippen molar-refractivity contribution in [2.75, 3.05) is 0 Å². The quantitative estimate of drug-likeness (QED) is 0.578. The second kappa shape index (κ2) is 3.22. The van der Waals surface area contributed by atoms with E-state index in [1.54, 1.807) is 13.8 Å². The van der Waals surface area contributed by atoms with Gasteiger partial charge in [-0.25, -0.2) is 0 Å². The monoisotopic (exact) mass is 162 g/mol. The molecule has 10 heavy (non-hydrogen) atoms. The molecule has 0 bridgehead atoms. The topological polar surface area (TPSA) is 57.2 Å². The summed E-state index contributed by atoms with van der Waals surface area (Å²) in [5, 5.41) is -0.874. The van der Waals surface area contributed by atoms with Crippen LogP contribution in [-0.4, -0.2) is 10.9 Å². The number of carbonyl (C=O) groups is 1. The number of ketones is 1. The average Bonchev–Trinajstić information content (AvgIpc) is 1.60. The van der Waals surface area contributed by atoms with Crippen molar-refractivity contribution >= 4 is 13.8 Å². The fourth-order valence-electron chi connectivity index (χ4n) is 0.674. The van der Waals surface area contributed by atoms with Crippen LogP contribution < -0.4 is 4.89 Å². The second-order valence-electron chi connectivity index (χ2n) is 2.95. The Balaban J connectivity index is 4.13. The highest BCUT2D eigenvalue weighted by atomic mass is 31.1. The van der Waals surface area contributed by atoms with Gasteiger partial charge in [0.05, 0.1) is 6.42 Å². The van der Waals surface area contributed by atoms with Crippen molar-refractivity contribution in [2.45, 2.75) is 32.3 Å². The van der Waals surface area contributed by atoms with Crippen molar-refractivity contribution < 1.29 is 14.3 Å². The molecule has 0 aliphatic carbocycles. The van der Waals surface area contributed by atoms with Crippen LogP contribution in [0.5, 0.6) is 0 Å². The number of carbonyl (C=O) groups excluding carboxylic acids is 1. The first kappa shape index (κ1) is 9.73. The highest BCUT2D eigenvalue weighted by molar-refractivity contribution is 7.38. The molecule has 0 heterocycles. The Morgan fingerprint density at radius 3 is 2.10 bits per heavy atom. The SMILES string of the molecule is CC(=O)CC(C)(C)[P+](=O)[O-]. The van der Waals surface area contributed by atoms with Crippen LogP contribution in [0.25, 0.3) is 0 Å². The van der Waals surface area contributed by atoms with Gasteiger partial charge in [-0.15, -0.1) is 0 Å². The molecule has 0 saturated carbocycles. The maximum Gasteiger partial charge on any atom is 0.315 e. The lowest BCUT2D eigenvalue weighted by Crippen LogP contribution is -2.22. The van der Waals surface area contributed by atoms with Crippen LogP contribution in [0, 0.1) is 0 Å². The molecule has 0 aliphatic rings. The fourth-order valence-corrected chi connectivity index (χ4v) is 1.03. The number of hydrogen-bond acceptors (Lipinski definition) is 3. The van der Waals surface area contributed by atoms with Gasteiger partial charge in [-0.2, -0.15) is 0 Å². The maximum atomic E-state index is 10.5. The summed E-state index contributed by atoms with van der Waals surface area (Å²) in [4.78, 5) is 20.9.